The van der Waals surface area contributed by atoms with E-state index in [0.717, 1.165) is 11.1 Å². The van der Waals surface area contributed by atoms with Gasteiger partial charge in [0.05, 0.1) is 25.0 Å². The highest BCUT2D eigenvalue weighted by molar-refractivity contribution is 5.89. The molecule has 0 saturated carbocycles. The molecule has 2 amide bonds. The number of nitrogens with zero attached hydrogens (tertiary/aromatic N) is 1. The third-order valence-corrected chi connectivity index (χ3v) is 4.82. The third kappa shape index (κ3) is 5.42. The first-order valence-corrected chi connectivity index (χ1v) is 9.41. The molecule has 1 aromatic heterocycles. The predicted molar refractivity (Wildman–Crippen MR) is 103 cm³/mol. The number of benzene rings is 1. The van der Waals surface area contributed by atoms with Gasteiger partial charge in [-0.25, -0.2) is 4.39 Å². The van der Waals surface area contributed by atoms with Gasteiger partial charge >= 0.3 is 0 Å². The van der Waals surface area contributed by atoms with Crippen molar-refractivity contribution >= 4 is 11.8 Å². The second-order valence-electron chi connectivity index (χ2n) is 7.85. The van der Waals surface area contributed by atoms with Crippen LogP contribution in [-0.2, 0) is 22.6 Å². The molecule has 3 rings (SSSR count). The number of carbonyl (C=O) groups excluding carboxylic acids is 2. The Kier molecular flexibility index (Phi) is 6.14. The zero-order valence-electron chi connectivity index (χ0n) is 16.2. The Morgan fingerprint density at radius 3 is 2.71 bits per heavy atom. The summed E-state index contributed by atoms with van der Waals surface area (Å²) in [6.45, 7) is 5.62. The number of furan rings is 1. The van der Waals surface area contributed by atoms with Gasteiger partial charge < -0.3 is 15.1 Å². The summed E-state index contributed by atoms with van der Waals surface area (Å²) < 4.78 is 18.2. The van der Waals surface area contributed by atoms with Crippen LogP contribution >= 0.6 is 0 Å². The largest absolute Gasteiger partial charge is 0.472 e. The van der Waals surface area contributed by atoms with Crippen molar-refractivity contribution in [1.29, 1.82) is 0 Å². The quantitative estimate of drug-likeness (QED) is 0.764. The van der Waals surface area contributed by atoms with E-state index in [9.17, 15) is 14.0 Å². The molecule has 0 bridgehead atoms. The summed E-state index contributed by atoms with van der Waals surface area (Å²) in [5, 5.41) is 5.84. The van der Waals surface area contributed by atoms with E-state index in [1.165, 1.54) is 12.1 Å². The summed E-state index contributed by atoms with van der Waals surface area (Å²) in [5.74, 6) is -0.612. The lowest BCUT2D eigenvalue weighted by molar-refractivity contribution is -0.134. The third-order valence-electron chi connectivity index (χ3n) is 4.82. The summed E-state index contributed by atoms with van der Waals surface area (Å²) in [6, 6.07) is 7.58. The molecule has 1 aliphatic rings. The van der Waals surface area contributed by atoms with E-state index in [0.29, 0.717) is 26.1 Å². The molecule has 0 spiro atoms. The van der Waals surface area contributed by atoms with Crippen molar-refractivity contribution in [3.8, 4) is 0 Å². The van der Waals surface area contributed by atoms with E-state index in [2.05, 4.69) is 10.6 Å². The minimum absolute atomic E-state index is 0.0799. The van der Waals surface area contributed by atoms with Gasteiger partial charge in [-0.3, -0.25) is 14.5 Å². The Labute approximate surface area is 164 Å². The fraction of sp³-hybridized carbons (Fsp3) is 0.429. The van der Waals surface area contributed by atoms with E-state index in [1.54, 1.807) is 24.7 Å². The van der Waals surface area contributed by atoms with Crippen LogP contribution in [0.5, 0.6) is 0 Å². The summed E-state index contributed by atoms with van der Waals surface area (Å²) in [4.78, 5) is 27.0. The Bertz CT molecular complexity index is 803. The Balaban J connectivity index is 1.60. The summed E-state index contributed by atoms with van der Waals surface area (Å²) in [5.41, 5.74) is 1.38. The molecule has 0 radical (unpaired) electrons. The van der Waals surface area contributed by atoms with Crippen LogP contribution in [0, 0.1) is 5.82 Å². The summed E-state index contributed by atoms with van der Waals surface area (Å²) in [7, 11) is 0. The van der Waals surface area contributed by atoms with Gasteiger partial charge in [-0.05, 0) is 44.0 Å². The minimum atomic E-state index is -0.523. The van der Waals surface area contributed by atoms with E-state index in [1.807, 2.05) is 24.8 Å². The number of rotatable bonds is 7. The van der Waals surface area contributed by atoms with E-state index in [4.69, 9.17) is 4.42 Å². The number of amides is 2. The molecule has 1 aromatic carbocycles. The van der Waals surface area contributed by atoms with Gasteiger partial charge in [0, 0.05) is 30.7 Å². The van der Waals surface area contributed by atoms with Crippen molar-refractivity contribution in [2.24, 2.45) is 0 Å². The molecule has 0 aliphatic carbocycles. The lowest BCUT2D eigenvalue weighted by atomic mass is 9.94. The molecule has 28 heavy (non-hydrogen) atoms. The molecule has 1 fully saturated rings. The maximum Gasteiger partial charge on any atom is 0.237 e. The fourth-order valence-electron chi connectivity index (χ4n) is 3.55. The van der Waals surface area contributed by atoms with Crippen LogP contribution in [-0.4, -0.2) is 41.4 Å². The summed E-state index contributed by atoms with van der Waals surface area (Å²) >= 11 is 0. The maximum absolute atomic E-state index is 13.1. The first-order chi connectivity index (χ1) is 13.3. The van der Waals surface area contributed by atoms with Crippen LogP contribution in [0.25, 0.3) is 0 Å². The standard InChI is InChI=1S/C21H26FN3O3/c1-21(2,12-15-3-5-17(22)6-4-15)24-19(26)11-18-20(27)23-8-9-25(18)13-16-7-10-28-14-16/h3-7,10,14,18H,8-9,11-13H2,1-2H3,(H,23,27)(H,24,26). The molecule has 1 saturated heterocycles. The topological polar surface area (TPSA) is 74.6 Å². The van der Waals surface area contributed by atoms with Gasteiger partial charge in [-0.15, -0.1) is 0 Å². The smallest absolute Gasteiger partial charge is 0.237 e. The molecular formula is C21H26FN3O3. The van der Waals surface area contributed by atoms with Crippen LogP contribution in [0.1, 0.15) is 31.4 Å². The van der Waals surface area contributed by atoms with Crippen molar-refractivity contribution in [2.45, 2.75) is 44.8 Å². The minimum Gasteiger partial charge on any atom is -0.472 e. The summed E-state index contributed by atoms with van der Waals surface area (Å²) in [6.07, 6.45) is 3.89. The molecule has 1 unspecified atom stereocenters. The number of hydrogen-bond acceptors (Lipinski definition) is 4. The number of piperazine rings is 1. The fourth-order valence-corrected chi connectivity index (χ4v) is 3.55. The molecule has 2 heterocycles. The van der Waals surface area contributed by atoms with Crippen LogP contribution in [0.4, 0.5) is 4.39 Å². The number of hydrogen-bond donors (Lipinski definition) is 2. The predicted octanol–water partition coefficient (Wildman–Crippen LogP) is 2.25. The van der Waals surface area contributed by atoms with Gasteiger partial charge in [0.2, 0.25) is 11.8 Å². The zero-order chi connectivity index (χ0) is 20.1. The average molecular weight is 387 g/mol. The molecule has 2 N–H and O–H groups in total. The highest BCUT2D eigenvalue weighted by atomic mass is 19.1. The van der Waals surface area contributed by atoms with Crippen LogP contribution < -0.4 is 10.6 Å². The van der Waals surface area contributed by atoms with Crippen LogP contribution in [0.2, 0.25) is 0 Å². The van der Waals surface area contributed by atoms with E-state index in [-0.39, 0.29) is 24.1 Å². The van der Waals surface area contributed by atoms with Gasteiger partial charge in [0.15, 0.2) is 0 Å². The van der Waals surface area contributed by atoms with E-state index < -0.39 is 11.6 Å². The van der Waals surface area contributed by atoms with Gasteiger partial charge in [0.1, 0.15) is 5.82 Å². The lowest BCUT2D eigenvalue weighted by Gasteiger charge is -2.35. The number of halogens is 1. The highest BCUT2D eigenvalue weighted by Crippen LogP contribution is 2.17. The molecule has 2 aromatic rings. The monoisotopic (exact) mass is 387 g/mol. The van der Waals surface area contributed by atoms with Gasteiger partial charge in [-0.1, -0.05) is 12.1 Å². The van der Waals surface area contributed by atoms with Gasteiger partial charge in [0.25, 0.3) is 0 Å². The second-order valence-corrected chi connectivity index (χ2v) is 7.85. The number of carbonyl (C=O) groups is 2. The van der Waals surface area contributed by atoms with Crippen molar-refractivity contribution in [1.82, 2.24) is 15.5 Å². The molecule has 1 atom stereocenters. The number of nitrogens with one attached hydrogen (secondary N) is 2. The lowest BCUT2D eigenvalue weighted by Crippen LogP contribution is -2.57. The normalized spacial score (nSPS) is 18.0. The molecule has 7 heteroatoms. The van der Waals surface area contributed by atoms with Crippen molar-refractivity contribution in [3.05, 3.63) is 59.8 Å². The molecule has 150 valence electrons. The van der Waals surface area contributed by atoms with Crippen LogP contribution in [0.3, 0.4) is 0 Å². The first-order valence-electron chi connectivity index (χ1n) is 9.41. The van der Waals surface area contributed by atoms with Crippen LogP contribution in [0.15, 0.2) is 47.3 Å². The first kappa shape index (κ1) is 20.1. The highest BCUT2D eigenvalue weighted by Gasteiger charge is 2.33. The maximum atomic E-state index is 13.1. The molecule has 6 nitrogen and oxygen atoms in total. The van der Waals surface area contributed by atoms with Crippen molar-refractivity contribution in [3.63, 3.8) is 0 Å². The molecule has 1 aliphatic heterocycles. The van der Waals surface area contributed by atoms with E-state index >= 15 is 0 Å². The SMILES string of the molecule is CC(C)(Cc1ccc(F)cc1)NC(=O)CC1C(=O)NCCN1Cc1ccoc1. The van der Waals surface area contributed by atoms with Gasteiger partial charge in [-0.2, -0.15) is 0 Å². The van der Waals surface area contributed by atoms with Crippen molar-refractivity contribution < 1.29 is 18.4 Å². The van der Waals surface area contributed by atoms with Crippen molar-refractivity contribution in [2.75, 3.05) is 13.1 Å². The zero-order valence-corrected chi connectivity index (χ0v) is 16.2. The average Bonchev–Trinajstić information content (AvgIpc) is 3.12. The second kappa shape index (κ2) is 8.56. The Morgan fingerprint density at radius 2 is 2.04 bits per heavy atom. The Morgan fingerprint density at radius 1 is 1.29 bits per heavy atom. The molecular weight excluding hydrogens is 361 g/mol. The Hall–Kier alpha value is -2.67.